The highest BCUT2D eigenvalue weighted by Crippen LogP contribution is 2.27. The van der Waals surface area contributed by atoms with Crippen LogP contribution in [0.2, 0.25) is 4.34 Å². The maximum Gasteiger partial charge on any atom is 0.374 e. The Bertz CT molecular complexity index is 564. The molecule has 0 radical (unpaired) electrons. The number of thiophene rings is 1. The van der Waals surface area contributed by atoms with Gasteiger partial charge in [0.15, 0.2) is 0 Å². The summed E-state index contributed by atoms with van der Waals surface area (Å²) < 4.78 is 10.5. The van der Waals surface area contributed by atoms with Crippen LogP contribution in [0.4, 0.5) is 0 Å². The van der Waals surface area contributed by atoms with Crippen LogP contribution < -0.4 is 5.32 Å². The Hall–Kier alpha value is -1.30. The zero-order valence-electron chi connectivity index (χ0n) is 10.6. The van der Waals surface area contributed by atoms with E-state index in [1.165, 1.54) is 24.7 Å². The predicted molar refractivity (Wildman–Crippen MR) is 74.6 cm³/mol. The molecule has 0 aliphatic rings. The number of hydrogen-bond donors (Lipinski definition) is 1. The molecule has 0 bridgehead atoms. The summed E-state index contributed by atoms with van der Waals surface area (Å²) in [5.74, 6) is -0.222. The van der Waals surface area contributed by atoms with Crippen LogP contribution in [0.25, 0.3) is 0 Å². The molecule has 2 rings (SSSR count). The van der Waals surface area contributed by atoms with E-state index in [9.17, 15) is 4.79 Å². The van der Waals surface area contributed by atoms with Crippen molar-refractivity contribution >= 4 is 28.9 Å². The summed E-state index contributed by atoms with van der Waals surface area (Å²) in [7, 11) is 1.33. The van der Waals surface area contributed by atoms with E-state index >= 15 is 0 Å². The minimum absolute atomic E-state index is 0.151. The first-order valence-corrected chi connectivity index (χ1v) is 6.94. The van der Waals surface area contributed by atoms with Crippen LogP contribution in [-0.4, -0.2) is 13.1 Å². The molecule has 2 aromatic rings. The van der Waals surface area contributed by atoms with Crippen LogP contribution >= 0.6 is 22.9 Å². The van der Waals surface area contributed by atoms with E-state index in [-0.39, 0.29) is 11.8 Å². The third kappa shape index (κ3) is 3.37. The molecular formula is C13H14ClNO3S. The molecular weight excluding hydrogens is 286 g/mol. The Morgan fingerprint density at radius 2 is 2.32 bits per heavy atom. The molecule has 0 aliphatic carbocycles. The van der Waals surface area contributed by atoms with Crippen LogP contribution in [0.1, 0.15) is 34.0 Å². The number of halogens is 1. The molecule has 1 unspecified atom stereocenters. The van der Waals surface area contributed by atoms with E-state index < -0.39 is 5.97 Å². The second kappa shape index (κ2) is 6.23. The third-order valence-corrected chi connectivity index (χ3v) is 4.15. The molecule has 0 aromatic carbocycles. The van der Waals surface area contributed by atoms with Gasteiger partial charge in [0, 0.05) is 23.0 Å². The summed E-state index contributed by atoms with van der Waals surface area (Å²) in [6.07, 6.45) is 1.48. The second-order valence-corrected chi connectivity index (χ2v) is 5.76. The van der Waals surface area contributed by atoms with Gasteiger partial charge in [-0.3, -0.25) is 0 Å². The van der Waals surface area contributed by atoms with Crippen LogP contribution in [0.15, 0.2) is 28.9 Å². The first-order chi connectivity index (χ1) is 9.11. The predicted octanol–water partition coefficient (Wildman–Crippen LogP) is 3.63. The number of carbonyl (C=O) groups excluding carboxylic acids is 1. The highest BCUT2D eigenvalue weighted by molar-refractivity contribution is 7.16. The lowest BCUT2D eigenvalue weighted by Gasteiger charge is -2.11. The van der Waals surface area contributed by atoms with Crippen molar-refractivity contribution in [2.75, 3.05) is 7.11 Å². The molecule has 0 saturated carbocycles. The topological polar surface area (TPSA) is 51.5 Å². The summed E-state index contributed by atoms with van der Waals surface area (Å²) in [6.45, 7) is 2.57. The zero-order valence-corrected chi connectivity index (χ0v) is 12.2. The highest BCUT2D eigenvalue weighted by Gasteiger charge is 2.16. The number of hydrogen-bond acceptors (Lipinski definition) is 5. The van der Waals surface area contributed by atoms with E-state index in [0.717, 1.165) is 14.8 Å². The Morgan fingerprint density at radius 1 is 1.53 bits per heavy atom. The Labute approximate surface area is 120 Å². The van der Waals surface area contributed by atoms with Gasteiger partial charge in [0.05, 0.1) is 17.7 Å². The van der Waals surface area contributed by atoms with Crippen molar-refractivity contribution in [2.24, 2.45) is 0 Å². The lowest BCUT2D eigenvalue weighted by Crippen LogP contribution is -2.18. The summed E-state index contributed by atoms with van der Waals surface area (Å²) in [5.41, 5.74) is 0.779. The number of nitrogens with one attached hydrogen (secondary N) is 1. The molecule has 0 saturated heterocycles. The van der Waals surface area contributed by atoms with E-state index in [1.54, 1.807) is 6.07 Å². The molecule has 2 aromatic heterocycles. The van der Waals surface area contributed by atoms with Crippen molar-refractivity contribution in [3.8, 4) is 0 Å². The van der Waals surface area contributed by atoms with Crippen molar-refractivity contribution in [1.29, 1.82) is 0 Å². The fraction of sp³-hybridized carbons (Fsp3) is 0.308. The largest absolute Gasteiger partial charge is 0.463 e. The van der Waals surface area contributed by atoms with Gasteiger partial charge in [-0.2, -0.15) is 0 Å². The van der Waals surface area contributed by atoms with Crippen molar-refractivity contribution in [1.82, 2.24) is 5.32 Å². The molecule has 0 spiro atoms. The average molecular weight is 300 g/mol. The maximum atomic E-state index is 11.5. The van der Waals surface area contributed by atoms with E-state index in [2.05, 4.69) is 10.1 Å². The molecule has 102 valence electrons. The number of furan rings is 1. The van der Waals surface area contributed by atoms with E-state index in [0.29, 0.717) is 6.54 Å². The minimum Gasteiger partial charge on any atom is -0.463 e. The van der Waals surface area contributed by atoms with Crippen LogP contribution in [0.3, 0.4) is 0 Å². The van der Waals surface area contributed by atoms with Crippen LogP contribution in [0, 0.1) is 0 Å². The lowest BCUT2D eigenvalue weighted by molar-refractivity contribution is 0.0563. The quantitative estimate of drug-likeness (QED) is 0.857. The van der Waals surface area contributed by atoms with Crippen LogP contribution in [-0.2, 0) is 11.3 Å². The lowest BCUT2D eigenvalue weighted by atomic mass is 10.2. The van der Waals surface area contributed by atoms with Crippen LogP contribution in [0.5, 0.6) is 0 Å². The first-order valence-electron chi connectivity index (χ1n) is 5.75. The van der Waals surface area contributed by atoms with Gasteiger partial charge in [0.2, 0.25) is 5.76 Å². The molecule has 4 nitrogen and oxygen atoms in total. The van der Waals surface area contributed by atoms with Gasteiger partial charge in [0.1, 0.15) is 0 Å². The molecule has 6 heteroatoms. The van der Waals surface area contributed by atoms with Crippen molar-refractivity contribution in [2.45, 2.75) is 19.5 Å². The molecule has 19 heavy (non-hydrogen) atoms. The Kier molecular flexibility index (Phi) is 4.63. The summed E-state index contributed by atoms with van der Waals surface area (Å²) in [6, 6.07) is 5.77. The fourth-order valence-corrected chi connectivity index (χ4v) is 2.76. The third-order valence-electron chi connectivity index (χ3n) is 2.74. The molecule has 0 aliphatic heterocycles. The normalized spacial score (nSPS) is 12.4. The van der Waals surface area contributed by atoms with Crippen molar-refractivity contribution in [3.63, 3.8) is 0 Å². The Balaban J connectivity index is 1.99. The molecule has 0 amide bonds. The van der Waals surface area contributed by atoms with Gasteiger partial charge in [-0.1, -0.05) is 11.6 Å². The number of carbonyl (C=O) groups is 1. The molecule has 2 heterocycles. The van der Waals surface area contributed by atoms with Gasteiger partial charge < -0.3 is 14.5 Å². The minimum atomic E-state index is -0.464. The second-order valence-electron chi connectivity index (χ2n) is 4.01. The number of ether oxygens (including phenoxy) is 1. The number of rotatable bonds is 5. The monoisotopic (exact) mass is 299 g/mol. The zero-order chi connectivity index (χ0) is 13.8. The van der Waals surface area contributed by atoms with Gasteiger partial charge in [0.25, 0.3) is 0 Å². The first kappa shape index (κ1) is 14.1. The summed E-state index contributed by atoms with van der Waals surface area (Å²) >= 11 is 7.44. The van der Waals surface area contributed by atoms with Gasteiger partial charge in [-0.05, 0) is 25.1 Å². The van der Waals surface area contributed by atoms with Gasteiger partial charge in [-0.15, -0.1) is 11.3 Å². The SMILES string of the molecule is COC(=O)c1occc1CNC(C)c1ccc(Cl)s1. The van der Waals surface area contributed by atoms with Gasteiger partial charge >= 0.3 is 5.97 Å². The fourth-order valence-electron chi connectivity index (χ4n) is 1.67. The maximum absolute atomic E-state index is 11.5. The average Bonchev–Trinajstić information content (AvgIpc) is 3.03. The molecule has 1 atom stereocenters. The van der Waals surface area contributed by atoms with Gasteiger partial charge in [-0.25, -0.2) is 4.79 Å². The smallest absolute Gasteiger partial charge is 0.374 e. The van der Waals surface area contributed by atoms with Crippen molar-refractivity contribution < 1.29 is 13.9 Å². The van der Waals surface area contributed by atoms with E-state index in [1.807, 2.05) is 19.1 Å². The highest BCUT2D eigenvalue weighted by atomic mass is 35.5. The summed E-state index contributed by atoms with van der Waals surface area (Å²) in [4.78, 5) is 12.6. The number of esters is 1. The van der Waals surface area contributed by atoms with Crippen molar-refractivity contribution in [3.05, 3.63) is 45.0 Å². The summed E-state index contributed by atoms with van der Waals surface area (Å²) in [5, 5.41) is 3.32. The standard InChI is InChI=1S/C13H14ClNO3S/c1-8(10-3-4-11(14)19-10)15-7-9-5-6-18-12(9)13(16)17-2/h3-6,8,15H,7H2,1-2H3. The molecule has 0 fully saturated rings. The number of methoxy groups -OCH3 is 1. The van der Waals surface area contributed by atoms with E-state index in [4.69, 9.17) is 16.0 Å². The molecule has 1 N–H and O–H groups in total. The Morgan fingerprint density at radius 3 is 2.95 bits per heavy atom.